The standard InChI is InChI=1S/C15H26N4OS/c1-4-8-16-13-10-14(18-15(17-13)21-3)19(2)11-12-7-5-6-9-20-12/h10,12H,4-9,11H2,1-3H3,(H,16,17,18). The quantitative estimate of drug-likeness (QED) is 0.617. The van der Waals surface area contributed by atoms with Crippen LogP contribution in [0.1, 0.15) is 32.6 Å². The second kappa shape index (κ2) is 8.44. The molecule has 1 aromatic heterocycles. The molecule has 21 heavy (non-hydrogen) atoms. The number of nitrogens with zero attached hydrogens (tertiary/aromatic N) is 3. The van der Waals surface area contributed by atoms with Crippen molar-refractivity contribution in [2.45, 2.75) is 43.9 Å². The van der Waals surface area contributed by atoms with E-state index in [9.17, 15) is 0 Å². The van der Waals surface area contributed by atoms with Crippen molar-refractivity contribution in [2.24, 2.45) is 0 Å². The van der Waals surface area contributed by atoms with Crippen LogP contribution in [0.15, 0.2) is 11.2 Å². The fourth-order valence-electron chi connectivity index (χ4n) is 2.39. The lowest BCUT2D eigenvalue weighted by Crippen LogP contribution is -2.33. The van der Waals surface area contributed by atoms with Gasteiger partial charge < -0.3 is 15.0 Å². The van der Waals surface area contributed by atoms with Gasteiger partial charge in [0.15, 0.2) is 5.16 Å². The Labute approximate surface area is 131 Å². The maximum absolute atomic E-state index is 5.82. The van der Waals surface area contributed by atoms with Gasteiger partial charge >= 0.3 is 0 Å². The van der Waals surface area contributed by atoms with E-state index >= 15 is 0 Å². The molecule has 0 bridgehead atoms. The number of nitrogens with one attached hydrogen (secondary N) is 1. The molecular formula is C15H26N4OS. The maximum Gasteiger partial charge on any atom is 0.191 e. The van der Waals surface area contributed by atoms with Gasteiger partial charge in [-0.2, -0.15) is 0 Å². The number of ether oxygens (including phenoxy) is 1. The zero-order valence-electron chi connectivity index (χ0n) is 13.3. The van der Waals surface area contributed by atoms with E-state index in [4.69, 9.17) is 4.74 Å². The SMILES string of the molecule is CCCNc1cc(N(C)CC2CCCCO2)nc(SC)n1. The number of likely N-dealkylation sites (N-methyl/N-ethyl adjacent to an activating group) is 1. The summed E-state index contributed by atoms with van der Waals surface area (Å²) in [5, 5.41) is 4.15. The minimum atomic E-state index is 0.323. The van der Waals surface area contributed by atoms with Crippen LogP contribution >= 0.6 is 11.8 Å². The first-order valence-electron chi connectivity index (χ1n) is 7.72. The zero-order chi connectivity index (χ0) is 15.1. The molecule has 1 saturated heterocycles. The largest absolute Gasteiger partial charge is 0.376 e. The van der Waals surface area contributed by atoms with Gasteiger partial charge in [0.05, 0.1) is 6.10 Å². The van der Waals surface area contributed by atoms with E-state index in [1.54, 1.807) is 11.8 Å². The van der Waals surface area contributed by atoms with Crippen molar-refractivity contribution in [1.82, 2.24) is 9.97 Å². The summed E-state index contributed by atoms with van der Waals surface area (Å²) in [5.41, 5.74) is 0. The summed E-state index contributed by atoms with van der Waals surface area (Å²) in [4.78, 5) is 11.3. The lowest BCUT2D eigenvalue weighted by Gasteiger charge is -2.28. The van der Waals surface area contributed by atoms with E-state index in [0.717, 1.165) is 49.3 Å². The van der Waals surface area contributed by atoms with Gasteiger partial charge in [0, 0.05) is 32.8 Å². The highest BCUT2D eigenvalue weighted by molar-refractivity contribution is 7.98. The third-order valence-electron chi connectivity index (χ3n) is 3.57. The Morgan fingerprint density at radius 3 is 2.95 bits per heavy atom. The summed E-state index contributed by atoms with van der Waals surface area (Å²) in [6, 6.07) is 2.03. The third-order valence-corrected chi connectivity index (χ3v) is 4.12. The molecule has 2 heterocycles. The molecular weight excluding hydrogens is 284 g/mol. The molecule has 2 rings (SSSR count). The highest BCUT2D eigenvalue weighted by Crippen LogP contribution is 2.21. The van der Waals surface area contributed by atoms with Crippen molar-refractivity contribution in [3.8, 4) is 0 Å². The molecule has 1 unspecified atom stereocenters. The molecule has 5 nitrogen and oxygen atoms in total. The van der Waals surface area contributed by atoms with Gasteiger partial charge in [0.1, 0.15) is 11.6 Å². The van der Waals surface area contributed by atoms with Gasteiger partial charge in [0.25, 0.3) is 0 Å². The van der Waals surface area contributed by atoms with Crippen LogP contribution in [0.25, 0.3) is 0 Å². The van der Waals surface area contributed by atoms with Gasteiger partial charge in [0.2, 0.25) is 0 Å². The van der Waals surface area contributed by atoms with Crippen LogP contribution < -0.4 is 10.2 Å². The molecule has 6 heteroatoms. The lowest BCUT2D eigenvalue weighted by molar-refractivity contribution is 0.0215. The zero-order valence-corrected chi connectivity index (χ0v) is 14.1. The van der Waals surface area contributed by atoms with E-state index in [2.05, 4.69) is 34.2 Å². The van der Waals surface area contributed by atoms with E-state index in [1.807, 2.05) is 12.3 Å². The topological polar surface area (TPSA) is 50.3 Å². The molecule has 0 amide bonds. The molecule has 1 N–H and O–H groups in total. The molecule has 1 atom stereocenters. The monoisotopic (exact) mass is 310 g/mol. The first kappa shape index (κ1) is 16.4. The van der Waals surface area contributed by atoms with Crippen LogP contribution in [0.5, 0.6) is 0 Å². The average molecular weight is 310 g/mol. The molecule has 1 aromatic rings. The van der Waals surface area contributed by atoms with Crippen molar-refractivity contribution in [3.05, 3.63) is 6.07 Å². The molecule has 1 aliphatic heterocycles. The molecule has 1 fully saturated rings. The van der Waals surface area contributed by atoms with E-state index < -0.39 is 0 Å². The highest BCUT2D eigenvalue weighted by atomic mass is 32.2. The molecule has 0 aromatic carbocycles. The Hall–Kier alpha value is -1.01. The van der Waals surface area contributed by atoms with Crippen LogP contribution in [0.2, 0.25) is 0 Å². The summed E-state index contributed by atoms with van der Waals surface area (Å²) in [5.74, 6) is 1.87. The molecule has 0 saturated carbocycles. The Balaban J connectivity index is 2.05. The number of thioether (sulfide) groups is 1. The number of rotatable bonds is 7. The van der Waals surface area contributed by atoms with Crippen molar-refractivity contribution in [2.75, 3.05) is 43.2 Å². The molecule has 0 radical (unpaired) electrons. The Morgan fingerprint density at radius 2 is 2.29 bits per heavy atom. The maximum atomic E-state index is 5.82. The summed E-state index contributed by atoms with van der Waals surface area (Å²) in [7, 11) is 2.08. The second-order valence-electron chi connectivity index (χ2n) is 5.39. The molecule has 1 aliphatic rings. The van der Waals surface area contributed by atoms with Crippen molar-refractivity contribution < 1.29 is 4.74 Å². The van der Waals surface area contributed by atoms with Crippen LogP contribution in [-0.4, -0.2) is 49.1 Å². The van der Waals surface area contributed by atoms with Gasteiger partial charge in [-0.15, -0.1) is 0 Å². The first-order chi connectivity index (χ1) is 10.2. The predicted molar refractivity (Wildman–Crippen MR) is 89.5 cm³/mol. The summed E-state index contributed by atoms with van der Waals surface area (Å²) < 4.78 is 5.82. The van der Waals surface area contributed by atoms with Gasteiger partial charge in [-0.3, -0.25) is 0 Å². The predicted octanol–water partition coefficient (Wildman–Crippen LogP) is 3.03. The fraction of sp³-hybridized carbons (Fsp3) is 0.733. The van der Waals surface area contributed by atoms with Gasteiger partial charge in [-0.25, -0.2) is 9.97 Å². The van der Waals surface area contributed by atoms with Crippen LogP contribution in [0.3, 0.4) is 0 Å². The number of aromatic nitrogens is 2. The van der Waals surface area contributed by atoms with E-state index in [-0.39, 0.29) is 0 Å². The van der Waals surface area contributed by atoms with Crippen molar-refractivity contribution >= 4 is 23.4 Å². The lowest BCUT2D eigenvalue weighted by atomic mass is 10.1. The number of hydrogen-bond donors (Lipinski definition) is 1. The van der Waals surface area contributed by atoms with E-state index in [1.165, 1.54) is 12.8 Å². The van der Waals surface area contributed by atoms with Crippen LogP contribution in [0.4, 0.5) is 11.6 Å². The third kappa shape index (κ3) is 5.04. The number of hydrogen-bond acceptors (Lipinski definition) is 6. The molecule has 0 spiro atoms. The molecule has 118 valence electrons. The van der Waals surface area contributed by atoms with Crippen LogP contribution in [0, 0.1) is 0 Å². The van der Waals surface area contributed by atoms with Gasteiger partial charge in [-0.1, -0.05) is 18.7 Å². The van der Waals surface area contributed by atoms with Crippen molar-refractivity contribution in [3.63, 3.8) is 0 Å². The smallest absolute Gasteiger partial charge is 0.191 e. The van der Waals surface area contributed by atoms with Crippen LogP contribution in [-0.2, 0) is 4.74 Å². The Morgan fingerprint density at radius 1 is 1.43 bits per heavy atom. The Bertz CT molecular complexity index is 438. The highest BCUT2D eigenvalue weighted by Gasteiger charge is 2.17. The average Bonchev–Trinajstić information content (AvgIpc) is 2.53. The minimum absolute atomic E-state index is 0.323. The molecule has 0 aliphatic carbocycles. The summed E-state index contributed by atoms with van der Waals surface area (Å²) in [6.45, 7) is 4.86. The normalized spacial score (nSPS) is 18.5. The number of anilines is 2. The van der Waals surface area contributed by atoms with Crippen molar-refractivity contribution in [1.29, 1.82) is 0 Å². The summed E-state index contributed by atoms with van der Waals surface area (Å²) >= 11 is 1.57. The fourth-order valence-corrected chi connectivity index (χ4v) is 2.77. The Kier molecular flexibility index (Phi) is 6.57. The van der Waals surface area contributed by atoms with E-state index in [0.29, 0.717) is 6.10 Å². The second-order valence-corrected chi connectivity index (χ2v) is 6.17. The van der Waals surface area contributed by atoms with Gasteiger partial charge in [-0.05, 0) is 31.9 Å². The minimum Gasteiger partial charge on any atom is -0.376 e. The first-order valence-corrected chi connectivity index (χ1v) is 8.95. The summed E-state index contributed by atoms with van der Waals surface area (Å²) in [6.07, 6.45) is 7.01.